The summed E-state index contributed by atoms with van der Waals surface area (Å²) in [7, 11) is -3.58. The SMILES string of the molecule is CC(=O)c1cccc(NC(=O)c2cccc(S(=O)(=O)N3CCCC3)c2)c1. The Labute approximate surface area is 152 Å². The number of hydrogen-bond acceptors (Lipinski definition) is 4. The van der Waals surface area contributed by atoms with Crippen molar-refractivity contribution in [3.63, 3.8) is 0 Å². The fourth-order valence-corrected chi connectivity index (χ4v) is 4.46. The number of nitrogens with zero attached hydrogens (tertiary/aromatic N) is 1. The highest BCUT2D eigenvalue weighted by atomic mass is 32.2. The van der Waals surface area contributed by atoms with E-state index in [1.807, 2.05) is 0 Å². The number of carbonyl (C=O) groups excluding carboxylic acids is 2. The lowest BCUT2D eigenvalue weighted by Gasteiger charge is -2.16. The number of Topliss-reactive ketones (excluding diaryl/α,β-unsaturated/α-hetero) is 1. The van der Waals surface area contributed by atoms with Crippen molar-refractivity contribution < 1.29 is 18.0 Å². The topological polar surface area (TPSA) is 83.5 Å². The van der Waals surface area contributed by atoms with E-state index in [1.165, 1.54) is 23.4 Å². The molecule has 1 fully saturated rings. The lowest BCUT2D eigenvalue weighted by atomic mass is 10.1. The zero-order chi connectivity index (χ0) is 18.7. The second kappa shape index (κ2) is 7.39. The van der Waals surface area contributed by atoms with Crippen LogP contribution in [0.4, 0.5) is 5.69 Å². The van der Waals surface area contributed by atoms with Gasteiger partial charge in [0.15, 0.2) is 5.78 Å². The molecule has 0 aliphatic carbocycles. The first-order valence-corrected chi connectivity index (χ1v) is 9.84. The molecule has 1 N–H and O–H groups in total. The minimum absolute atomic E-state index is 0.0974. The first kappa shape index (κ1) is 18.3. The van der Waals surface area contributed by atoms with Gasteiger partial charge in [0.25, 0.3) is 5.91 Å². The van der Waals surface area contributed by atoms with Gasteiger partial charge in [0.2, 0.25) is 10.0 Å². The number of anilines is 1. The Kier molecular flexibility index (Phi) is 5.20. The summed E-state index contributed by atoms with van der Waals surface area (Å²) in [6.45, 7) is 2.47. The maximum absolute atomic E-state index is 12.6. The van der Waals surface area contributed by atoms with Gasteiger partial charge < -0.3 is 5.32 Å². The highest BCUT2D eigenvalue weighted by molar-refractivity contribution is 7.89. The third-order valence-electron chi connectivity index (χ3n) is 4.33. The van der Waals surface area contributed by atoms with Crippen molar-refractivity contribution in [3.8, 4) is 0 Å². The molecule has 0 aromatic heterocycles. The van der Waals surface area contributed by atoms with Gasteiger partial charge in [-0.1, -0.05) is 18.2 Å². The van der Waals surface area contributed by atoms with Crippen LogP contribution in [0.25, 0.3) is 0 Å². The summed E-state index contributed by atoms with van der Waals surface area (Å²) in [5, 5.41) is 2.70. The smallest absolute Gasteiger partial charge is 0.255 e. The molecule has 1 heterocycles. The number of sulfonamides is 1. The van der Waals surface area contributed by atoms with Crippen LogP contribution in [0.15, 0.2) is 53.4 Å². The molecule has 1 aliphatic heterocycles. The Hall–Kier alpha value is -2.51. The fourth-order valence-electron chi connectivity index (χ4n) is 2.89. The Bertz CT molecular complexity index is 948. The molecular formula is C19H20N2O4S. The minimum atomic E-state index is -3.58. The van der Waals surface area contributed by atoms with Crippen LogP contribution in [0.2, 0.25) is 0 Å². The van der Waals surface area contributed by atoms with Gasteiger partial charge in [-0.3, -0.25) is 9.59 Å². The van der Waals surface area contributed by atoms with Gasteiger partial charge in [0.1, 0.15) is 0 Å². The molecule has 1 aliphatic rings. The molecule has 0 saturated carbocycles. The van der Waals surface area contributed by atoms with E-state index in [9.17, 15) is 18.0 Å². The molecule has 1 saturated heterocycles. The third kappa shape index (κ3) is 3.84. The average molecular weight is 372 g/mol. The lowest BCUT2D eigenvalue weighted by molar-refractivity contribution is 0.101. The fraction of sp³-hybridized carbons (Fsp3) is 0.263. The van der Waals surface area contributed by atoms with Crippen LogP contribution in [0.3, 0.4) is 0 Å². The highest BCUT2D eigenvalue weighted by Crippen LogP contribution is 2.22. The molecular weight excluding hydrogens is 352 g/mol. The van der Waals surface area contributed by atoms with Gasteiger partial charge in [-0.2, -0.15) is 4.31 Å². The zero-order valence-corrected chi connectivity index (χ0v) is 15.3. The average Bonchev–Trinajstić information content (AvgIpc) is 3.17. The van der Waals surface area contributed by atoms with Crippen LogP contribution in [-0.2, 0) is 10.0 Å². The van der Waals surface area contributed by atoms with E-state index in [0.29, 0.717) is 24.3 Å². The summed E-state index contributed by atoms with van der Waals surface area (Å²) < 4.78 is 26.7. The van der Waals surface area contributed by atoms with E-state index in [2.05, 4.69) is 5.32 Å². The van der Waals surface area contributed by atoms with Gasteiger partial charge in [-0.25, -0.2) is 8.42 Å². The molecule has 1 amide bonds. The quantitative estimate of drug-likeness (QED) is 0.818. The molecule has 0 radical (unpaired) electrons. The lowest BCUT2D eigenvalue weighted by Crippen LogP contribution is -2.28. The molecule has 26 heavy (non-hydrogen) atoms. The van der Waals surface area contributed by atoms with E-state index in [0.717, 1.165) is 12.8 Å². The van der Waals surface area contributed by atoms with Gasteiger partial charge in [-0.15, -0.1) is 0 Å². The van der Waals surface area contributed by atoms with Crippen LogP contribution in [0.5, 0.6) is 0 Å². The number of ketones is 1. The maximum Gasteiger partial charge on any atom is 0.255 e. The van der Waals surface area contributed by atoms with Crippen molar-refractivity contribution in [2.24, 2.45) is 0 Å². The standard InChI is InChI=1S/C19H20N2O4S/c1-14(22)15-6-4-8-17(12-15)20-19(23)16-7-5-9-18(13-16)26(24,25)21-10-2-3-11-21/h4-9,12-13H,2-3,10-11H2,1H3,(H,20,23). The Morgan fingerprint density at radius 3 is 2.31 bits per heavy atom. The number of benzene rings is 2. The van der Waals surface area contributed by atoms with E-state index < -0.39 is 15.9 Å². The van der Waals surface area contributed by atoms with E-state index in [4.69, 9.17) is 0 Å². The second-order valence-corrected chi connectivity index (χ2v) is 8.17. The molecule has 0 spiro atoms. The first-order chi connectivity index (χ1) is 12.4. The minimum Gasteiger partial charge on any atom is -0.322 e. The number of carbonyl (C=O) groups is 2. The number of hydrogen-bond donors (Lipinski definition) is 1. The van der Waals surface area contributed by atoms with E-state index >= 15 is 0 Å². The first-order valence-electron chi connectivity index (χ1n) is 8.40. The second-order valence-electron chi connectivity index (χ2n) is 6.23. The van der Waals surface area contributed by atoms with Crippen molar-refractivity contribution in [1.29, 1.82) is 0 Å². The summed E-state index contributed by atoms with van der Waals surface area (Å²) in [5.74, 6) is -0.524. The molecule has 0 unspecified atom stereocenters. The predicted octanol–water partition coefficient (Wildman–Crippen LogP) is 2.93. The monoisotopic (exact) mass is 372 g/mol. The molecule has 2 aromatic carbocycles. The van der Waals surface area contributed by atoms with Gasteiger partial charge in [-0.05, 0) is 50.1 Å². The summed E-state index contributed by atoms with van der Waals surface area (Å²) in [5.41, 5.74) is 1.22. The van der Waals surface area contributed by atoms with Crippen LogP contribution >= 0.6 is 0 Å². The zero-order valence-electron chi connectivity index (χ0n) is 14.4. The number of nitrogens with one attached hydrogen (secondary N) is 1. The summed E-state index contributed by atoms with van der Waals surface area (Å²) in [6.07, 6.45) is 1.71. The predicted molar refractivity (Wildman–Crippen MR) is 98.8 cm³/mol. The van der Waals surface area contributed by atoms with Gasteiger partial charge >= 0.3 is 0 Å². The molecule has 0 atom stereocenters. The van der Waals surface area contributed by atoms with Crippen LogP contribution in [0, 0.1) is 0 Å². The Balaban J connectivity index is 1.82. The number of rotatable bonds is 5. The third-order valence-corrected chi connectivity index (χ3v) is 6.22. The molecule has 3 rings (SSSR count). The van der Waals surface area contributed by atoms with Crippen LogP contribution in [-0.4, -0.2) is 37.5 Å². The van der Waals surface area contributed by atoms with Gasteiger partial charge in [0, 0.05) is 29.9 Å². The van der Waals surface area contributed by atoms with Crippen LogP contribution in [0.1, 0.15) is 40.5 Å². The molecule has 7 heteroatoms. The summed E-state index contributed by atoms with van der Waals surface area (Å²) >= 11 is 0. The van der Waals surface area contributed by atoms with E-state index in [1.54, 1.807) is 36.4 Å². The van der Waals surface area contributed by atoms with E-state index in [-0.39, 0.29) is 16.2 Å². The number of amides is 1. The summed E-state index contributed by atoms with van der Waals surface area (Å²) in [4.78, 5) is 24.1. The van der Waals surface area contributed by atoms with Crippen molar-refractivity contribution >= 4 is 27.4 Å². The van der Waals surface area contributed by atoms with Gasteiger partial charge in [0.05, 0.1) is 4.90 Å². The van der Waals surface area contributed by atoms with Crippen molar-refractivity contribution in [1.82, 2.24) is 4.31 Å². The molecule has 2 aromatic rings. The van der Waals surface area contributed by atoms with Crippen molar-refractivity contribution in [2.45, 2.75) is 24.7 Å². The molecule has 6 nitrogen and oxygen atoms in total. The normalized spacial score (nSPS) is 15.0. The highest BCUT2D eigenvalue weighted by Gasteiger charge is 2.27. The van der Waals surface area contributed by atoms with Crippen molar-refractivity contribution in [3.05, 3.63) is 59.7 Å². The Morgan fingerprint density at radius 1 is 0.962 bits per heavy atom. The Morgan fingerprint density at radius 2 is 1.62 bits per heavy atom. The largest absolute Gasteiger partial charge is 0.322 e. The molecule has 0 bridgehead atoms. The summed E-state index contributed by atoms with van der Waals surface area (Å²) in [6, 6.07) is 12.6. The van der Waals surface area contributed by atoms with Crippen molar-refractivity contribution in [2.75, 3.05) is 18.4 Å². The maximum atomic E-state index is 12.6. The molecule has 136 valence electrons. The van der Waals surface area contributed by atoms with Crippen LogP contribution < -0.4 is 5.32 Å².